The van der Waals surface area contributed by atoms with Crippen LogP contribution in [-0.2, 0) is 16.4 Å². The summed E-state index contributed by atoms with van der Waals surface area (Å²) in [5.41, 5.74) is 8.00. The zero-order valence-corrected chi connectivity index (χ0v) is 14.2. The monoisotopic (exact) mass is 382 g/mol. The lowest BCUT2D eigenvalue weighted by atomic mass is 10.0. The van der Waals surface area contributed by atoms with E-state index in [4.69, 9.17) is 10.9 Å². The largest absolute Gasteiger partial charge is 0.398 e. The minimum Gasteiger partial charge on any atom is -0.398 e. The maximum atomic E-state index is 12.3. The number of halogens is 1. The van der Waals surface area contributed by atoms with Gasteiger partial charge in [-0.2, -0.15) is 0 Å². The Morgan fingerprint density at radius 2 is 1.86 bits per heavy atom. The number of hydrogen-bond donors (Lipinski definition) is 2. The van der Waals surface area contributed by atoms with Crippen LogP contribution in [0, 0.1) is 6.92 Å². The van der Waals surface area contributed by atoms with Gasteiger partial charge in [0.05, 0.1) is 4.90 Å². The van der Waals surface area contributed by atoms with E-state index in [2.05, 4.69) is 15.9 Å². The first-order chi connectivity index (χ1) is 10.2. The molecule has 0 saturated carbocycles. The van der Waals surface area contributed by atoms with Gasteiger partial charge in [-0.05, 0) is 52.2 Å². The van der Waals surface area contributed by atoms with Crippen molar-refractivity contribution in [3.05, 3.63) is 57.6 Å². The first kappa shape index (κ1) is 16.7. The van der Waals surface area contributed by atoms with Gasteiger partial charge in [-0.1, -0.05) is 18.2 Å². The van der Waals surface area contributed by atoms with Crippen molar-refractivity contribution >= 4 is 37.4 Å². The average molecular weight is 383 g/mol. The number of sulfonamides is 1. The zero-order chi connectivity index (χ0) is 16.5. The zero-order valence-electron chi connectivity index (χ0n) is 11.8. The van der Waals surface area contributed by atoms with Crippen LogP contribution >= 0.6 is 15.9 Å². The summed E-state index contributed by atoms with van der Waals surface area (Å²) in [6.07, 6.45) is 0.160. The van der Waals surface area contributed by atoms with Crippen LogP contribution in [0.5, 0.6) is 0 Å². The maximum absolute atomic E-state index is 12.3. The van der Waals surface area contributed by atoms with Gasteiger partial charge >= 0.3 is 0 Å². The van der Waals surface area contributed by atoms with E-state index in [0.29, 0.717) is 16.8 Å². The van der Waals surface area contributed by atoms with Crippen molar-refractivity contribution in [2.24, 2.45) is 5.14 Å². The predicted octanol–water partition coefficient (Wildman–Crippen LogP) is 2.41. The molecule has 0 aliphatic rings. The molecule has 116 valence electrons. The number of nitrogen functional groups attached to an aromatic ring is 1. The number of anilines is 1. The van der Waals surface area contributed by atoms with Crippen LogP contribution in [0.25, 0.3) is 0 Å². The molecule has 2 aromatic rings. The first-order valence-electron chi connectivity index (χ1n) is 6.39. The first-order valence-corrected chi connectivity index (χ1v) is 8.73. The summed E-state index contributed by atoms with van der Waals surface area (Å²) >= 11 is 3.28. The van der Waals surface area contributed by atoms with E-state index >= 15 is 0 Å². The second kappa shape index (κ2) is 6.20. The average Bonchev–Trinajstić information content (AvgIpc) is 2.40. The van der Waals surface area contributed by atoms with Crippen molar-refractivity contribution in [3.8, 4) is 0 Å². The molecule has 0 amide bonds. The SMILES string of the molecule is Cc1cc(CC(=O)c2ccc(Br)c(N)c2)ccc1S(N)(=O)=O. The highest BCUT2D eigenvalue weighted by atomic mass is 79.9. The van der Waals surface area contributed by atoms with Crippen molar-refractivity contribution in [3.63, 3.8) is 0 Å². The number of hydrogen-bond acceptors (Lipinski definition) is 4. The van der Waals surface area contributed by atoms with Crippen LogP contribution in [-0.4, -0.2) is 14.2 Å². The highest BCUT2D eigenvalue weighted by Crippen LogP contribution is 2.22. The Morgan fingerprint density at radius 1 is 1.18 bits per heavy atom. The number of Topliss-reactive ketones (excluding diaryl/α,β-unsaturated/α-hetero) is 1. The van der Waals surface area contributed by atoms with E-state index in [1.807, 2.05) is 0 Å². The quantitative estimate of drug-likeness (QED) is 0.625. The fraction of sp³-hybridized carbons (Fsp3) is 0.133. The Bertz CT molecular complexity index is 848. The molecule has 7 heteroatoms. The van der Waals surface area contributed by atoms with Gasteiger partial charge in [0.15, 0.2) is 5.78 Å². The molecular formula is C15H15BrN2O3S. The van der Waals surface area contributed by atoms with Crippen LogP contribution in [0.3, 0.4) is 0 Å². The molecule has 0 fully saturated rings. The van der Waals surface area contributed by atoms with Gasteiger partial charge in [0.25, 0.3) is 0 Å². The third-order valence-corrected chi connectivity index (χ3v) is 5.02. The number of primary sulfonamides is 1. The number of carbonyl (C=O) groups excluding carboxylic acids is 1. The smallest absolute Gasteiger partial charge is 0.238 e. The lowest BCUT2D eigenvalue weighted by Gasteiger charge is -2.07. The van der Waals surface area contributed by atoms with Gasteiger partial charge in [-0.25, -0.2) is 13.6 Å². The number of rotatable bonds is 4. The lowest BCUT2D eigenvalue weighted by Crippen LogP contribution is -2.14. The second-order valence-electron chi connectivity index (χ2n) is 4.98. The number of nitrogens with two attached hydrogens (primary N) is 2. The summed E-state index contributed by atoms with van der Waals surface area (Å²) in [4.78, 5) is 12.3. The van der Waals surface area contributed by atoms with Crippen molar-refractivity contribution in [2.45, 2.75) is 18.2 Å². The van der Waals surface area contributed by atoms with Crippen LogP contribution in [0.15, 0.2) is 45.8 Å². The molecule has 0 aromatic heterocycles. The molecular weight excluding hydrogens is 368 g/mol. The summed E-state index contributed by atoms with van der Waals surface area (Å²) < 4.78 is 23.5. The molecule has 0 saturated heterocycles. The minimum atomic E-state index is -3.75. The normalized spacial score (nSPS) is 11.4. The standard InChI is InChI=1S/C15H15BrN2O3S/c1-9-6-10(2-5-15(9)22(18,20)21)7-14(19)11-3-4-12(16)13(17)8-11/h2-6,8H,7,17H2,1H3,(H2,18,20,21). The number of carbonyl (C=O) groups is 1. The molecule has 0 bridgehead atoms. The molecule has 2 aromatic carbocycles. The number of benzene rings is 2. The molecule has 2 rings (SSSR count). The third-order valence-electron chi connectivity index (χ3n) is 3.23. The fourth-order valence-electron chi connectivity index (χ4n) is 2.15. The second-order valence-corrected chi connectivity index (χ2v) is 7.37. The Kier molecular flexibility index (Phi) is 4.69. The van der Waals surface area contributed by atoms with Gasteiger partial charge in [0.1, 0.15) is 0 Å². The third kappa shape index (κ3) is 3.73. The summed E-state index contributed by atoms with van der Waals surface area (Å²) in [6, 6.07) is 9.68. The van der Waals surface area contributed by atoms with Gasteiger partial charge < -0.3 is 5.73 Å². The Morgan fingerprint density at radius 3 is 2.41 bits per heavy atom. The molecule has 0 aliphatic heterocycles. The number of aryl methyl sites for hydroxylation is 1. The summed E-state index contributed by atoms with van der Waals surface area (Å²) in [6.45, 7) is 1.64. The van der Waals surface area contributed by atoms with Crippen molar-refractivity contribution in [2.75, 3.05) is 5.73 Å². The number of ketones is 1. The van der Waals surface area contributed by atoms with Crippen LogP contribution in [0.4, 0.5) is 5.69 Å². The van der Waals surface area contributed by atoms with Crippen molar-refractivity contribution in [1.29, 1.82) is 0 Å². The lowest BCUT2D eigenvalue weighted by molar-refractivity contribution is 0.0993. The van der Waals surface area contributed by atoms with E-state index in [1.165, 1.54) is 6.07 Å². The Labute approximate surface area is 137 Å². The Hall–Kier alpha value is -1.70. The van der Waals surface area contributed by atoms with Crippen LogP contribution < -0.4 is 10.9 Å². The van der Waals surface area contributed by atoms with E-state index < -0.39 is 10.0 Å². The van der Waals surface area contributed by atoms with Crippen LogP contribution in [0.2, 0.25) is 0 Å². The molecule has 0 aliphatic carbocycles. The predicted molar refractivity (Wildman–Crippen MR) is 89.1 cm³/mol. The summed E-state index contributed by atoms with van der Waals surface area (Å²) in [5, 5.41) is 5.12. The minimum absolute atomic E-state index is 0.0663. The van der Waals surface area contributed by atoms with E-state index in [1.54, 1.807) is 37.3 Å². The highest BCUT2D eigenvalue weighted by molar-refractivity contribution is 9.10. The van der Waals surface area contributed by atoms with Gasteiger partial charge in [-0.15, -0.1) is 0 Å². The fourth-order valence-corrected chi connectivity index (χ4v) is 3.16. The van der Waals surface area contributed by atoms with E-state index in [0.717, 1.165) is 10.0 Å². The molecule has 5 nitrogen and oxygen atoms in total. The Balaban J connectivity index is 2.25. The van der Waals surface area contributed by atoms with E-state index in [-0.39, 0.29) is 17.1 Å². The summed E-state index contributed by atoms with van der Waals surface area (Å²) in [5.74, 6) is -0.0954. The van der Waals surface area contributed by atoms with Crippen molar-refractivity contribution < 1.29 is 13.2 Å². The molecule has 0 radical (unpaired) electrons. The van der Waals surface area contributed by atoms with Gasteiger partial charge in [0, 0.05) is 22.1 Å². The molecule has 0 spiro atoms. The summed E-state index contributed by atoms with van der Waals surface area (Å²) in [7, 11) is -3.75. The van der Waals surface area contributed by atoms with Gasteiger partial charge in [-0.3, -0.25) is 4.79 Å². The van der Waals surface area contributed by atoms with E-state index in [9.17, 15) is 13.2 Å². The topological polar surface area (TPSA) is 103 Å². The molecule has 0 heterocycles. The molecule has 0 unspecified atom stereocenters. The molecule has 22 heavy (non-hydrogen) atoms. The van der Waals surface area contributed by atoms with Crippen LogP contribution in [0.1, 0.15) is 21.5 Å². The maximum Gasteiger partial charge on any atom is 0.238 e. The highest BCUT2D eigenvalue weighted by Gasteiger charge is 2.14. The van der Waals surface area contributed by atoms with Gasteiger partial charge in [0.2, 0.25) is 10.0 Å². The molecule has 4 N–H and O–H groups in total. The molecule has 0 atom stereocenters. The van der Waals surface area contributed by atoms with Crippen molar-refractivity contribution in [1.82, 2.24) is 0 Å².